The summed E-state index contributed by atoms with van der Waals surface area (Å²) in [6.45, 7) is 8.03. The molecule has 0 aliphatic carbocycles. The molecule has 156 valence electrons. The number of ether oxygens (including phenoxy) is 3. The molecule has 30 heavy (non-hydrogen) atoms. The van der Waals surface area contributed by atoms with E-state index in [0.717, 1.165) is 27.9 Å². The molecule has 0 aliphatic heterocycles. The molecule has 0 unspecified atom stereocenters. The van der Waals surface area contributed by atoms with Crippen LogP contribution in [0.2, 0.25) is 0 Å². The van der Waals surface area contributed by atoms with Crippen LogP contribution < -0.4 is 9.47 Å². The average molecular weight is 406 g/mol. The van der Waals surface area contributed by atoms with Crippen molar-refractivity contribution in [2.24, 2.45) is 0 Å². The van der Waals surface area contributed by atoms with E-state index in [1.54, 1.807) is 19.2 Å². The second-order valence-electron chi connectivity index (χ2n) is 7.86. The van der Waals surface area contributed by atoms with Crippen LogP contribution in [0.3, 0.4) is 0 Å². The average Bonchev–Trinajstić information content (AvgIpc) is 3.03. The Morgan fingerprint density at radius 1 is 1.10 bits per heavy atom. The summed E-state index contributed by atoms with van der Waals surface area (Å²) in [7, 11) is 1.63. The highest BCUT2D eigenvalue weighted by atomic mass is 16.6. The summed E-state index contributed by atoms with van der Waals surface area (Å²) in [5, 5.41) is 10.7. The van der Waals surface area contributed by atoms with Gasteiger partial charge in [-0.3, -0.25) is 0 Å². The van der Waals surface area contributed by atoms with Gasteiger partial charge in [0, 0.05) is 18.0 Å². The molecule has 3 rings (SSSR count). The van der Waals surface area contributed by atoms with Gasteiger partial charge in [0.2, 0.25) is 0 Å². The molecule has 0 saturated heterocycles. The van der Waals surface area contributed by atoms with Crippen LogP contribution >= 0.6 is 0 Å². The summed E-state index contributed by atoms with van der Waals surface area (Å²) in [5.41, 5.74) is 2.77. The van der Waals surface area contributed by atoms with E-state index in [0.29, 0.717) is 17.9 Å². The number of hydrogen-bond acceptors (Lipinski definition) is 5. The quantitative estimate of drug-likeness (QED) is 0.543. The first-order chi connectivity index (χ1) is 14.3. The number of fused-ring (bicyclic) bond motifs is 1. The van der Waals surface area contributed by atoms with Crippen LogP contribution in [0.4, 0.5) is 0 Å². The van der Waals surface area contributed by atoms with Crippen LogP contribution in [-0.4, -0.2) is 29.9 Å². The molecule has 0 fully saturated rings. The molecule has 0 amide bonds. The van der Waals surface area contributed by atoms with Gasteiger partial charge in [-0.25, -0.2) is 4.79 Å². The summed E-state index contributed by atoms with van der Waals surface area (Å²) in [4.78, 5) is 11.8. The number of aryl methyl sites for hydroxylation is 1. The minimum Gasteiger partial charge on any atom is -0.497 e. The van der Waals surface area contributed by atoms with E-state index in [-0.39, 0.29) is 6.61 Å². The molecule has 0 atom stereocenters. The zero-order valence-electron chi connectivity index (χ0n) is 18.0. The molecule has 0 saturated carbocycles. The van der Waals surface area contributed by atoms with E-state index in [4.69, 9.17) is 14.2 Å². The molecule has 1 heterocycles. The number of esters is 1. The van der Waals surface area contributed by atoms with Gasteiger partial charge in [0.15, 0.2) is 6.61 Å². The first-order valence-electron chi connectivity index (χ1n) is 9.82. The fourth-order valence-electron chi connectivity index (χ4n) is 3.42. The summed E-state index contributed by atoms with van der Waals surface area (Å²) in [6, 6.07) is 15.4. The summed E-state index contributed by atoms with van der Waals surface area (Å²) >= 11 is 0. The normalized spacial score (nSPS) is 11.2. The van der Waals surface area contributed by atoms with Crippen LogP contribution in [-0.2, 0) is 16.1 Å². The van der Waals surface area contributed by atoms with E-state index < -0.39 is 11.6 Å². The van der Waals surface area contributed by atoms with E-state index in [9.17, 15) is 10.1 Å². The van der Waals surface area contributed by atoms with Gasteiger partial charge in [-0.2, -0.15) is 5.26 Å². The molecule has 6 nitrogen and oxygen atoms in total. The van der Waals surface area contributed by atoms with Crippen molar-refractivity contribution in [3.8, 4) is 28.8 Å². The van der Waals surface area contributed by atoms with E-state index in [1.807, 2.05) is 58.0 Å². The predicted octanol–water partition coefficient (Wildman–Crippen LogP) is 4.93. The Bertz CT molecular complexity index is 1100. The highest BCUT2D eigenvalue weighted by Gasteiger charge is 2.19. The first-order valence-corrected chi connectivity index (χ1v) is 9.82. The number of nitrogens with zero attached hydrogens (tertiary/aromatic N) is 2. The van der Waals surface area contributed by atoms with Crippen molar-refractivity contribution in [2.45, 2.75) is 39.8 Å². The second-order valence-corrected chi connectivity index (χ2v) is 7.86. The van der Waals surface area contributed by atoms with Gasteiger partial charge in [0.05, 0.1) is 23.9 Å². The van der Waals surface area contributed by atoms with E-state index >= 15 is 0 Å². The number of hydrogen-bond donors (Lipinski definition) is 0. The van der Waals surface area contributed by atoms with Crippen molar-refractivity contribution in [1.29, 1.82) is 5.26 Å². The molecule has 0 radical (unpaired) electrons. The molecule has 0 aliphatic rings. The van der Waals surface area contributed by atoms with Crippen LogP contribution in [0, 0.1) is 11.3 Å². The van der Waals surface area contributed by atoms with Crippen LogP contribution in [0.25, 0.3) is 22.2 Å². The number of rotatable bonds is 6. The molecule has 2 aromatic carbocycles. The van der Waals surface area contributed by atoms with E-state index in [1.165, 1.54) is 0 Å². The van der Waals surface area contributed by atoms with Gasteiger partial charge in [-0.1, -0.05) is 0 Å². The zero-order valence-corrected chi connectivity index (χ0v) is 18.0. The van der Waals surface area contributed by atoms with Crippen molar-refractivity contribution in [3.63, 3.8) is 0 Å². The van der Waals surface area contributed by atoms with Crippen molar-refractivity contribution in [2.75, 3.05) is 13.7 Å². The standard InChI is InChI=1S/C24H26N2O4/c1-6-26-21-13-18(28-5)11-12-19(21)20(14-25)23(26)16-7-9-17(10-8-16)29-15-22(27)30-24(2,3)4/h7-13H,6,15H2,1-5H3. The van der Waals surface area contributed by atoms with Gasteiger partial charge in [-0.05, 0) is 69.7 Å². The number of benzene rings is 2. The molecular formula is C24H26N2O4. The summed E-state index contributed by atoms with van der Waals surface area (Å²) in [5.74, 6) is 0.888. The van der Waals surface area contributed by atoms with Gasteiger partial charge >= 0.3 is 5.97 Å². The van der Waals surface area contributed by atoms with Crippen LogP contribution in [0.15, 0.2) is 42.5 Å². The smallest absolute Gasteiger partial charge is 0.344 e. The van der Waals surface area contributed by atoms with Crippen LogP contribution in [0.1, 0.15) is 33.3 Å². The lowest BCUT2D eigenvalue weighted by Gasteiger charge is -2.19. The fraction of sp³-hybridized carbons (Fsp3) is 0.333. The lowest BCUT2D eigenvalue weighted by molar-refractivity contribution is -0.157. The Labute approximate surface area is 176 Å². The van der Waals surface area contributed by atoms with Crippen molar-refractivity contribution in [3.05, 3.63) is 48.0 Å². The molecule has 0 bridgehead atoms. The third-order valence-corrected chi connectivity index (χ3v) is 4.60. The zero-order chi connectivity index (χ0) is 21.9. The maximum atomic E-state index is 11.8. The van der Waals surface area contributed by atoms with Gasteiger partial charge in [-0.15, -0.1) is 0 Å². The lowest BCUT2D eigenvalue weighted by atomic mass is 10.1. The minimum atomic E-state index is -0.547. The lowest BCUT2D eigenvalue weighted by Crippen LogP contribution is -2.27. The third-order valence-electron chi connectivity index (χ3n) is 4.60. The number of carbonyl (C=O) groups is 1. The first kappa shape index (κ1) is 21.3. The van der Waals surface area contributed by atoms with Gasteiger partial charge in [0.25, 0.3) is 0 Å². The Morgan fingerprint density at radius 2 is 1.77 bits per heavy atom. The Balaban J connectivity index is 1.91. The molecule has 0 spiro atoms. The van der Waals surface area contributed by atoms with Gasteiger partial charge in [0.1, 0.15) is 23.2 Å². The van der Waals surface area contributed by atoms with E-state index in [2.05, 4.69) is 10.6 Å². The SMILES string of the molecule is CCn1c(-c2ccc(OCC(=O)OC(C)(C)C)cc2)c(C#N)c2ccc(OC)cc21. The number of carbonyl (C=O) groups excluding carboxylic acids is 1. The Hall–Kier alpha value is -3.46. The Morgan fingerprint density at radius 3 is 2.33 bits per heavy atom. The van der Waals surface area contributed by atoms with Gasteiger partial charge < -0.3 is 18.8 Å². The van der Waals surface area contributed by atoms with Crippen molar-refractivity contribution < 1.29 is 19.0 Å². The number of methoxy groups -OCH3 is 1. The molecule has 3 aromatic rings. The van der Waals surface area contributed by atoms with Crippen molar-refractivity contribution >= 4 is 16.9 Å². The predicted molar refractivity (Wildman–Crippen MR) is 116 cm³/mol. The van der Waals surface area contributed by atoms with Crippen molar-refractivity contribution in [1.82, 2.24) is 4.57 Å². The maximum absolute atomic E-state index is 11.8. The molecule has 6 heteroatoms. The summed E-state index contributed by atoms with van der Waals surface area (Å²) < 4.78 is 18.3. The Kier molecular flexibility index (Phi) is 6.02. The number of nitriles is 1. The second kappa shape index (κ2) is 8.50. The fourth-order valence-corrected chi connectivity index (χ4v) is 3.42. The number of aromatic nitrogens is 1. The topological polar surface area (TPSA) is 73.5 Å². The van der Waals surface area contributed by atoms with Crippen LogP contribution in [0.5, 0.6) is 11.5 Å². The largest absolute Gasteiger partial charge is 0.497 e. The minimum absolute atomic E-state index is 0.158. The molecule has 0 N–H and O–H groups in total. The molecule has 1 aromatic heterocycles. The third kappa shape index (κ3) is 4.41. The highest BCUT2D eigenvalue weighted by Crippen LogP contribution is 2.35. The monoisotopic (exact) mass is 406 g/mol. The maximum Gasteiger partial charge on any atom is 0.344 e. The molecular weight excluding hydrogens is 380 g/mol. The summed E-state index contributed by atoms with van der Waals surface area (Å²) in [6.07, 6.45) is 0. The highest BCUT2D eigenvalue weighted by molar-refractivity contribution is 5.95.